The molecule has 0 saturated heterocycles. The molecule has 0 aliphatic heterocycles. The molecule has 0 spiro atoms. The first-order valence-corrected chi connectivity index (χ1v) is 5.52. The Balaban J connectivity index is 1.97. The van der Waals surface area contributed by atoms with E-state index in [0.29, 0.717) is 13.0 Å². The molecule has 0 saturated carbocycles. The van der Waals surface area contributed by atoms with E-state index in [9.17, 15) is 4.79 Å². The number of alkyl carbamates (subject to hydrolysis) is 1. The van der Waals surface area contributed by atoms with Gasteiger partial charge in [0.15, 0.2) is 5.82 Å². The number of aryl methyl sites for hydroxylation is 1. The fourth-order valence-electron chi connectivity index (χ4n) is 1.20. The van der Waals surface area contributed by atoms with Crippen LogP contribution in [0.15, 0.2) is 0 Å². The van der Waals surface area contributed by atoms with Gasteiger partial charge < -0.3 is 10.1 Å². The maximum Gasteiger partial charge on any atom is 0.406 e. The topological polar surface area (TPSA) is 81.4 Å². The molecule has 0 unspecified atom stereocenters. The number of nitrogens with zero attached hydrogens (tertiary/aromatic N) is 4. The largest absolute Gasteiger partial charge is 0.453 e. The van der Waals surface area contributed by atoms with Gasteiger partial charge in [0.1, 0.15) is 5.01 Å². The Morgan fingerprint density at radius 2 is 2.38 bits per heavy atom. The van der Waals surface area contributed by atoms with E-state index >= 15 is 0 Å². The van der Waals surface area contributed by atoms with Crippen LogP contribution < -0.4 is 5.32 Å². The van der Waals surface area contributed by atoms with E-state index in [4.69, 9.17) is 0 Å². The molecule has 0 aliphatic rings. The monoisotopic (exact) mass is 241 g/mol. The van der Waals surface area contributed by atoms with Gasteiger partial charge in [0.05, 0.1) is 7.11 Å². The van der Waals surface area contributed by atoms with Crippen LogP contribution >= 0.6 is 11.3 Å². The predicted octanol–water partition coefficient (Wildman–Crippen LogP) is 0.393. The third-order valence-electron chi connectivity index (χ3n) is 1.98. The van der Waals surface area contributed by atoms with Crippen LogP contribution in [0.1, 0.15) is 10.8 Å². The summed E-state index contributed by atoms with van der Waals surface area (Å²) >= 11 is 1.46. The molecule has 7 nitrogen and oxygen atoms in total. The summed E-state index contributed by atoms with van der Waals surface area (Å²) in [5.74, 6) is 0.762. The summed E-state index contributed by atoms with van der Waals surface area (Å²) < 4.78 is 6.15. The van der Waals surface area contributed by atoms with Crippen molar-refractivity contribution in [1.82, 2.24) is 25.1 Å². The summed E-state index contributed by atoms with van der Waals surface area (Å²) in [6.07, 6.45) is 0.224. The molecular weight excluding hydrogens is 230 g/mol. The van der Waals surface area contributed by atoms with Gasteiger partial charge in [0, 0.05) is 13.0 Å². The zero-order chi connectivity index (χ0) is 11.5. The first-order chi connectivity index (χ1) is 7.70. The maximum absolute atomic E-state index is 10.8. The number of rotatable bonds is 3. The molecule has 2 rings (SSSR count). The summed E-state index contributed by atoms with van der Waals surface area (Å²) in [5.41, 5.74) is 0. The van der Waals surface area contributed by atoms with Crippen molar-refractivity contribution >= 4 is 22.4 Å². The van der Waals surface area contributed by atoms with Crippen LogP contribution in [-0.4, -0.2) is 39.6 Å². The second-order valence-electron chi connectivity index (χ2n) is 3.11. The Morgan fingerprint density at radius 1 is 1.56 bits per heavy atom. The van der Waals surface area contributed by atoms with E-state index in [2.05, 4.69) is 25.3 Å². The van der Waals surface area contributed by atoms with Crippen LogP contribution in [0.2, 0.25) is 0 Å². The molecule has 2 aromatic heterocycles. The van der Waals surface area contributed by atoms with Crippen LogP contribution in [0.3, 0.4) is 0 Å². The molecule has 0 aromatic carbocycles. The van der Waals surface area contributed by atoms with Gasteiger partial charge in [0.25, 0.3) is 0 Å². The van der Waals surface area contributed by atoms with E-state index < -0.39 is 6.09 Å². The predicted molar refractivity (Wildman–Crippen MR) is 57.5 cm³/mol. The van der Waals surface area contributed by atoms with Crippen molar-refractivity contribution in [2.24, 2.45) is 0 Å². The van der Waals surface area contributed by atoms with Gasteiger partial charge in [0.2, 0.25) is 4.96 Å². The molecule has 0 aliphatic carbocycles. The number of hydrogen-bond acceptors (Lipinski definition) is 6. The van der Waals surface area contributed by atoms with Crippen molar-refractivity contribution in [3.05, 3.63) is 10.8 Å². The van der Waals surface area contributed by atoms with Crippen molar-refractivity contribution in [3.8, 4) is 0 Å². The van der Waals surface area contributed by atoms with Crippen molar-refractivity contribution in [1.29, 1.82) is 0 Å². The second-order valence-corrected chi connectivity index (χ2v) is 4.15. The van der Waals surface area contributed by atoms with Gasteiger partial charge in [-0.05, 0) is 6.92 Å². The number of hydrogen-bond donors (Lipinski definition) is 1. The molecule has 86 valence electrons. The van der Waals surface area contributed by atoms with Crippen molar-refractivity contribution in [2.75, 3.05) is 13.7 Å². The molecule has 0 bridgehead atoms. The summed E-state index contributed by atoms with van der Waals surface area (Å²) in [7, 11) is 1.34. The summed E-state index contributed by atoms with van der Waals surface area (Å²) in [4.78, 5) is 11.6. The average molecular weight is 241 g/mol. The molecule has 2 aromatic rings. The molecule has 8 heteroatoms. The maximum atomic E-state index is 10.8. The van der Waals surface area contributed by atoms with Gasteiger partial charge >= 0.3 is 6.09 Å². The highest BCUT2D eigenvalue weighted by molar-refractivity contribution is 7.16. The van der Waals surface area contributed by atoms with Crippen LogP contribution in [-0.2, 0) is 11.2 Å². The lowest BCUT2D eigenvalue weighted by molar-refractivity contribution is 0.171. The van der Waals surface area contributed by atoms with Gasteiger partial charge in [-0.3, -0.25) is 0 Å². The molecule has 0 atom stereocenters. The van der Waals surface area contributed by atoms with Crippen molar-refractivity contribution in [3.63, 3.8) is 0 Å². The van der Waals surface area contributed by atoms with Crippen LogP contribution in [0, 0.1) is 6.92 Å². The van der Waals surface area contributed by atoms with Crippen molar-refractivity contribution < 1.29 is 9.53 Å². The number of amides is 1. The van der Waals surface area contributed by atoms with Crippen LogP contribution in [0.5, 0.6) is 0 Å². The molecule has 2 heterocycles. The third kappa shape index (κ3) is 2.11. The van der Waals surface area contributed by atoms with Gasteiger partial charge in [-0.25, -0.2) is 4.79 Å². The number of aromatic nitrogens is 4. The number of carbonyl (C=O) groups is 1. The molecule has 1 amide bonds. The molecule has 1 N–H and O–H groups in total. The normalized spacial score (nSPS) is 10.6. The summed E-state index contributed by atoms with van der Waals surface area (Å²) in [6, 6.07) is 0. The quantitative estimate of drug-likeness (QED) is 0.840. The highest BCUT2D eigenvalue weighted by Crippen LogP contribution is 2.13. The van der Waals surface area contributed by atoms with Crippen molar-refractivity contribution in [2.45, 2.75) is 13.3 Å². The van der Waals surface area contributed by atoms with Gasteiger partial charge in [-0.2, -0.15) is 9.61 Å². The first-order valence-electron chi connectivity index (χ1n) is 4.70. The Bertz CT molecular complexity index is 505. The molecule has 16 heavy (non-hydrogen) atoms. The Labute approximate surface area is 95.4 Å². The fourth-order valence-corrected chi connectivity index (χ4v) is 2.08. The lowest BCUT2D eigenvalue weighted by Gasteiger charge is -2.00. The zero-order valence-electron chi connectivity index (χ0n) is 8.93. The van der Waals surface area contributed by atoms with E-state index in [1.54, 1.807) is 4.52 Å². The number of methoxy groups -OCH3 is 1. The summed E-state index contributed by atoms with van der Waals surface area (Å²) in [6.45, 7) is 2.34. The van der Waals surface area contributed by atoms with Gasteiger partial charge in [-0.15, -0.1) is 10.2 Å². The Kier molecular flexibility index (Phi) is 3.00. The van der Waals surface area contributed by atoms with E-state index in [1.165, 1.54) is 18.4 Å². The fraction of sp³-hybridized carbons (Fsp3) is 0.500. The zero-order valence-corrected chi connectivity index (χ0v) is 9.74. The minimum atomic E-state index is -0.431. The minimum Gasteiger partial charge on any atom is -0.453 e. The SMILES string of the molecule is COC(=O)NCCc1nn2c(C)nnc2s1. The average Bonchev–Trinajstić information content (AvgIpc) is 2.81. The molecular formula is C8H11N5O2S. The first kappa shape index (κ1) is 10.8. The minimum absolute atomic E-state index is 0.431. The second kappa shape index (κ2) is 4.44. The Morgan fingerprint density at radius 3 is 3.06 bits per heavy atom. The van der Waals surface area contributed by atoms with Crippen LogP contribution in [0.25, 0.3) is 4.96 Å². The molecule has 0 fully saturated rings. The smallest absolute Gasteiger partial charge is 0.406 e. The van der Waals surface area contributed by atoms with Crippen LogP contribution in [0.4, 0.5) is 4.79 Å². The molecule has 0 radical (unpaired) electrons. The van der Waals surface area contributed by atoms with Gasteiger partial charge in [-0.1, -0.05) is 11.3 Å². The van der Waals surface area contributed by atoms with E-state index in [1.807, 2.05) is 6.92 Å². The third-order valence-corrected chi connectivity index (χ3v) is 2.94. The number of fused-ring (bicyclic) bond motifs is 1. The van der Waals surface area contributed by atoms with E-state index in [-0.39, 0.29) is 0 Å². The lowest BCUT2D eigenvalue weighted by Crippen LogP contribution is -2.25. The highest BCUT2D eigenvalue weighted by Gasteiger charge is 2.08. The Hall–Kier alpha value is -1.70. The summed E-state index contributed by atoms with van der Waals surface area (Å²) in [5, 5.41) is 15.7. The standard InChI is InChI=1S/C8H11N5O2S/c1-5-10-11-7-13(5)12-6(16-7)3-4-9-8(14)15-2/h3-4H2,1-2H3,(H,9,14). The lowest BCUT2D eigenvalue weighted by atomic mass is 10.4. The number of carbonyl (C=O) groups excluding carboxylic acids is 1. The van der Waals surface area contributed by atoms with E-state index in [0.717, 1.165) is 15.8 Å². The number of ether oxygens (including phenoxy) is 1. The highest BCUT2D eigenvalue weighted by atomic mass is 32.1. The number of nitrogens with one attached hydrogen (secondary N) is 1.